The predicted octanol–water partition coefficient (Wildman–Crippen LogP) is 3.63. The summed E-state index contributed by atoms with van der Waals surface area (Å²) < 4.78 is 2.02. The van der Waals surface area contributed by atoms with Crippen LogP contribution in [0.25, 0.3) is 0 Å². The van der Waals surface area contributed by atoms with Crippen LogP contribution in [0.2, 0.25) is 5.02 Å². The van der Waals surface area contributed by atoms with Crippen molar-refractivity contribution in [2.45, 2.75) is 6.04 Å². The highest BCUT2D eigenvalue weighted by molar-refractivity contribution is 6.30. The number of fused-ring (bicyclic) bond motifs is 2. The molecule has 1 N–H and O–H groups in total. The molecule has 0 radical (unpaired) electrons. The van der Waals surface area contributed by atoms with Crippen LogP contribution >= 0.6 is 11.6 Å². The van der Waals surface area contributed by atoms with Gasteiger partial charge in [0, 0.05) is 16.3 Å². The normalized spacial score (nSPS) is 16.1. The van der Waals surface area contributed by atoms with Crippen LogP contribution in [0.15, 0.2) is 54.9 Å². The molecule has 4 nitrogen and oxygen atoms in total. The number of hydrogen-bond acceptors (Lipinski definition) is 3. The first-order valence-electron chi connectivity index (χ1n) is 6.34. The van der Waals surface area contributed by atoms with Crippen molar-refractivity contribution in [3.05, 3.63) is 71.0 Å². The van der Waals surface area contributed by atoms with Gasteiger partial charge in [0.05, 0.1) is 6.04 Å². The highest BCUT2D eigenvalue weighted by Crippen LogP contribution is 2.39. The molecule has 0 amide bonds. The molecule has 1 aromatic heterocycles. The van der Waals surface area contributed by atoms with Crippen molar-refractivity contribution < 1.29 is 0 Å². The van der Waals surface area contributed by atoms with E-state index < -0.39 is 0 Å². The molecule has 3 aromatic rings. The van der Waals surface area contributed by atoms with Gasteiger partial charge in [0.15, 0.2) is 0 Å². The second-order valence-electron chi connectivity index (χ2n) is 4.73. The average Bonchev–Trinajstić information content (AvgIpc) is 2.93. The van der Waals surface area contributed by atoms with Crippen molar-refractivity contribution in [2.75, 3.05) is 5.32 Å². The van der Waals surface area contributed by atoms with Crippen molar-refractivity contribution >= 4 is 23.2 Å². The van der Waals surface area contributed by atoms with Crippen LogP contribution in [0.5, 0.6) is 0 Å². The van der Waals surface area contributed by atoms with E-state index in [9.17, 15) is 0 Å². The van der Waals surface area contributed by atoms with Crippen molar-refractivity contribution in [1.29, 1.82) is 0 Å². The third kappa shape index (κ3) is 1.69. The minimum atomic E-state index is 0.0381. The smallest absolute Gasteiger partial charge is 0.229 e. The van der Waals surface area contributed by atoms with Crippen LogP contribution in [0.1, 0.15) is 17.2 Å². The monoisotopic (exact) mass is 282 g/mol. The Labute approximate surface area is 121 Å². The van der Waals surface area contributed by atoms with E-state index in [0.29, 0.717) is 0 Å². The number of benzene rings is 2. The van der Waals surface area contributed by atoms with Gasteiger partial charge < -0.3 is 5.32 Å². The molecule has 2 aromatic carbocycles. The lowest BCUT2D eigenvalue weighted by atomic mass is 9.95. The summed E-state index contributed by atoms with van der Waals surface area (Å²) in [5.41, 5.74) is 3.32. The minimum absolute atomic E-state index is 0.0381. The number of hydrogen-bond donors (Lipinski definition) is 1. The first-order chi connectivity index (χ1) is 9.83. The van der Waals surface area contributed by atoms with Gasteiger partial charge in [-0.25, -0.2) is 0 Å². The van der Waals surface area contributed by atoms with Gasteiger partial charge in [-0.1, -0.05) is 41.9 Å². The quantitative estimate of drug-likeness (QED) is 0.580. The Balaban J connectivity index is 1.97. The molecular weight excluding hydrogens is 272 g/mol. The van der Waals surface area contributed by atoms with E-state index in [0.717, 1.165) is 22.2 Å². The molecule has 0 aliphatic carbocycles. The van der Waals surface area contributed by atoms with Crippen molar-refractivity contribution in [3.63, 3.8) is 0 Å². The number of aromatic nitrogens is 3. The molecule has 0 saturated carbocycles. The van der Waals surface area contributed by atoms with Gasteiger partial charge in [0.2, 0.25) is 5.95 Å². The zero-order chi connectivity index (χ0) is 13.5. The van der Waals surface area contributed by atoms with E-state index in [1.807, 2.05) is 41.0 Å². The average molecular weight is 283 g/mol. The lowest BCUT2D eigenvalue weighted by Gasteiger charge is -2.28. The zero-order valence-corrected chi connectivity index (χ0v) is 11.2. The third-order valence-corrected chi connectivity index (χ3v) is 3.76. The van der Waals surface area contributed by atoms with Gasteiger partial charge in [0.1, 0.15) is 6.33 Å². The van der Waals surface area contributed by atoms with Gasteiger partial charge in [-0.2, -0.15) is 0 Å². The molecule has 0 bridgehead atoms. The maximum absolute atomic E-state index is 6.16. The molecule has 98 valence electrons. The van der Waals surface area contributed by atoms with Gasteiger partial charge >= 0.3 is 0 Å². The fourth-order valence-corrected chi connectivity index (χ4v) is 2.82. The topological polar surface area (TPSA) is 42.7 Å². The Morgan fingerprint density at radius 2 is 1.95 bits per heavy atom. The fourth-order valence-electron chi connectivity index (χ4n) is 2.64. The Kier molecular flexibility index (Phi) is 2.50. The van der Waals surface area contributed by atoms with E-state index >= 15 is 0 Å². The molecule has 1 aliphatic rings. The maximum atomic E-state index is 6.16. The number of nitrogens with one attached hydrogen (secondary N) is 1. The Hall–Kier alpha value is -2.33. The highest BCUT2D eigenvalue weighted by Gasteiger charge is 2.27. The molecule has 20 heavy (non-hydrogen) atoms. The first-order valence-corrected chi connectivity index (χ1v) is 6.71. The van der Waals surface area contributed by atoms with E-state index in [1.165, 1.54) is 5.56 Å². The second kappa shape index (κ2) is 4.35. The van der Waals surface area contributed by atoms with Crippen LogP contribution < -0.4 is 5.32 Å². The summed E-state index contributed by atoms with van der Waals surface area (Å²) in [4.78, 5) is 0. The van der Waals surface area contributed by atoms with Crippen LogP contribution in [-0.2, 0) is 0 Å². The van der Waals surface area contributed by atoms with Crippen molar-refractivity contribution in [1.82, 2.24) is 14.8 Å². The molecule has 0 fully saturated rings. The standard InChI is InChI=1S/C15H11ClN4/c16-11-6-7-13-12(8-11)14(10-4-2-1-3-5-10)20-9-17-19-15(20)18-13/h1-9,14H,(H,18,19)/t14-/m1/s1. The number of anilines is 2. The lowest BCUT2D eigenvalue weighted by Crippen LogP contribution is -2.20. The van der Waals surface area contributed by atoms with Gasteiger partial charge in [-0.15, -0.1) is 10.2 Å². The molecule has 5 heteroatoms. The molecule has 4 rings (SSSR count). The summed E-state index contributed by atoms with van der Waals surface area (Å²) in [6.07, 6.45) is 1.74. The van der Waals surface area contributed by atoms with Crippen LogP contribution in [0, 0.1) is 0 Å². The SMILES string of the molecule is Clc1ccc2c(c1)[C@@H](c1ccccc1)n1cnnc1N2. The summed E-state index contributed by atoms with van der Waals surface area (Å²) >= 11 is 6.16. The largest absolute Gasteiger partial charge is 0.324 e. The lowest BCUT2D eigenvalue weighted by molar-refractivity contribution is 0.671. The molecule has 0 spiro atoms. The van der Waals surface area contributed by atoms with E-state index in [4.69, 9.17) is 11.6 Å². The van der Waals surface area contributed by atoms with Gasteiger partial charge in [-0.3, -0.25) is 4.57 Å². The van der Waals surface area contributed by atoms with E-state index in [2.05, 4.69) is 27.6 Å². The Morgan fingerprint density at radius 1 is 1.10 bits per heavy atom. The predicted molar refractivity (Wildman–Crippen MR) is 78.4 cm³/mol. The maximum Gasteiger partial charge on any atom is 0.229 e. The zero-order valence-electron chi connectivity index (χ0n) is 10.5. The fraction of sp³-hybridized carbons (Fsp3) is 0.0667. The van der Waals surface area contributed by atoms with Gasteiger partial charge in [0.25, 0.3) is 0 Å². The second-order valence-corrected chi connectivity index (χ2v) is 5.17. The Morgan fingerprint density at radius 3 is 2.80 bits per heavy atom. The van der Waals surface area contributed by atoms with Crippen LogP contribution in [0.3, 0.4) is 0 Å². The molecule has 0 unspecified atom stereocenters. The van der Waals surface area contributed by atoms with Gasteiger partial charge in [-0.05, 0) is 23.8 Å². The Bertz CT molecular complexity index is 767. The summed E-state index contributed by atoms with van der Waals surface area (Å²) in [6.45, 7) is 0. The number of nitrogens with zero attached hydrogens (tertiary/aromatic N) is 3. The van der Waals surface area contributed by atoms with E-state index in [-0.39, 0.29) is 6.04 Å². The molecule has 2 heterocycles. The number of rotatable bonds is 1. The molecule has 0 saturated heterocycles. The highest BCUT2D eigenvalue weighted by atomic mass is 35.5. The van der Waals surface area contributed by atoms with E-state index in [1.54, 1.807) is 6.33 Å². The third-order valence-electron chi connectivity index (χ3n) is 3.52. The summed E-state index contributed by atoms with van der Waals surface area (Å²) in [5, 5.41) is 12.1. The summed E-state index contributed by atoms with van der Waals surface area (Å²) in [6, 6.07) is 16.2. The van der Waals surface area contributed by atoms with Crippen LogP contribution in [0.4, 0.5) is 11.6 Å². The summed E-state index contributed by atoms with van der Waals surface area (Å²) in [7, 11) is 0. The minimum Gasteiger partial charge on any atom is -0.324 e. The first kappa shape index (κ1) is 11.5. The number of halogens is 1. The molecule has 1 atom stereocenters. The molecular formula is C15H11ClN4. The molecule has 1 aliphatic heterocycles. The van der Waals surface area contributed by atoms with Crippen molar-refractivity contribution in [2.24, 2.45) is 0 Å². The van der Waals surface area contributed by atoms with Crippen molar-refractivity contribution in [3.8, 4) is 0 Å². The summed E-state index contributed by atoms with van der Waals surface area (Å²) in [5.74, 6) is 0.744. The van der Waals surface area contributed by atoms with Crippen LogP contribution in [-0.4, -0.2) is 14.8 Å².